The maximum atomic E-state index is 9.29. The zero-order chi connectivity index (χ0) is 14.0. The van der Waals surface area contributed by atoms with Gasteiger partial charge in [0.1, 0.15) is 10.8 Å². The predicted molar refractivity (Wildman–Crippen MR) is 78.9 cm³/mol. The highest BCUT2D eigenvalue weighted by Gasteiger charge is 2.14. The van der Waals surface area contributed by atoms with E-state index >= 15 is 0 Å². The maximum absolute atomic E-state index is 9.29. The van der Waals surface area contributed by atoms with Gasteiger partial charge in [-0.3, -0.25) is 0 Å². The number of benzene rings is 1. The minimum absolute atomic E-state index is 0.0374. The molecule has 0 spiro atoms. The Balaban J connectivity index is 2.54. The van der Waals surface area contributed by atoms with Gasteiger partial charge in [-0.15, -0.1) is 11.3 Å². The van der Waals surface area contributed by atoms with Crippen LogP contribution in [0.4, 0.5) is 0 Å². The van der Waals surface area contributed by atoms with Gasteiger partial charge in [0.15, 0.2) is 0 Å². The van der Waals surface area contributed by atoms with Crippen molar-refractivity contribution >= 4 is 11.3 Å². The lowest BCUT2D eigenvalue weighted by Gasteiger charge is -2.11. The standard InChI is InChI=1S/C15H19NO2S/c1-9(2)11-5-6-13(18-4)12(7-11)15-16-10(3)14(8-17)19-15/h5-7,9,17H,8H2,1-4H3. The van der Waals surface area contributed by atoms with Gasteiger partial charge in [0.25, 0.3) is 0 Å². The second-order valence-electron chi connectivity index (χ2n) is 4.80. The summed E-state index contributed by atoms with van der Waals surface area (Å²) in [6.45, 7) is 6.29. The van der Waals surface area contributed by atoms with E-state index in [-0.39, 0.29) is 6.61 Å². The third kappa shape index (κ3) is 2.80. The van der Waals surface area contributed by atoms with Gasteiger partial charge in [-0.25, -0.2) is 4.98 Å². The number of aliphatic hydroxyl groups is 1. The molecule has 0 bridgehead atoms. The Morgan fingerprint density at radius 3 is 2.63 bits per heavy atom. The van der Waals surface area contributed by atoms with Gasteiger partial charge >= 0.3 is 0 Å². The number of thiazole rings is 1. The zero-order valence-corrected chi connectivity index (χ0v) is 12.5. The number of hydrogen-bond donors (Lipinski definition) is 1. The first kappa shape index (κ1) is 14.0. The molecule has 0 radical (unpaired) electrons. The molecule has 1 heterocycles. The highest BCUT2D eigenvalue weighted by Crippen LogP contribution is 2.36. The van der Waals surface area contributed by atoms with E-state index in [2.05, 4.69) is 31.0 Å². The lowest BCUT2D eigenvalue weighted by atomic mass is 10.0. The summed E-state index contributed by atoms with van der Waals surface area (Å²) in [5, 5.41) is 10.2. The molecule has 0 aliphatic rings. The molecule has 0 aliphatic heterocycles. The van der Waals surface area contributed by atoms with Crippen molar-refractivity contribution in [2.24, 2.45) is 0 Å². The molecule has 4 heteroatoms. The Morgan fingerprint density at radius 1 is 1.37 bits per heavy atom. The quantitative estimate of drug-likeness (QED) is 0.925. The van der Waals surface area contributed by atoms with Crippen LogP contribution >= 0.6 is 11.3 Å². The molecule has 0 saturated carbocycles. The number of methoxy groups -OCH3 is 1. The van der Waals surface area contributed by atoms with Crippen LogP contribution < -0.4 is 4.74 Å². The fourth-order valence-corrected chi connectivity index (χ4v) is 2.89. The molecule has 0 saturated heterocycles. The summed E-state index contributed by atoms with van der Waals surface area (Å²) in [4.78, 5) is 5.45. The van der Waals surface area contributed by atoms with Crippen LogP contribution in [0.1, 0.15) is 35.9 Å². The van der Waals surface area contributed by atoms with Gasteiger partial charge in [-0.1, -0.05) is 19.9 Å². The smallest absolute Gasteiger partial charge is 0.129 e. The van der Waals surface area contributed by atoms with Crippen LogP contribution in [0.25, 0.3) is 10.6 Å². The molecule has 0 amide bonds. The summed E-state index contributed by atoms with van der Waals surface area (Å²) in [7, 11) is 1.67. The Bertz CT molecular complexity index is 576. The number of ether oxygens (including phenoxy) is 1. The molecule has 3 nitrogen and oxygen atoms in total. The van der Waals surface area contributed by atoms with Gasteiger partial charge in [-0.05, 0) is 30.5 Å². The summed E-state index contributed by atoms with van der Waals surface area (Å²) in [6, 6.07) is 6.20. The van der Waals surface area contributed by atoms with E-state index < -0.39 is 0 Å². The fourth-order valence-electron chi connectivity index (χ4n) is 1.94. The maximum Gasteiger partial charge on any atom is 0.129 e. The lowest BCUT2D eigenvalue weighted by molar-refractivity contribution is 0.284. The van der Waals surface area contributed by atoms with Crippen molar-refractivity contribution in [1.82, 2.24) is 4.98 Å². The fraction of sp³-hybridized carbons (Fsp3) is 0.400. The van der Waals surface area contributed by atoms with Gasteiger partial charge in [-0.2, -0.15) is 0 Å². The largest absolute Gasteiger partial charge is 0.496 e. The zero-order valence-electron chi connectivity index (χ0n) is 11.7. The summed E-state index contributed by atoms with van der Waals surface area (Å²) >= 11 is 1.52. The second kappa shape index (κ2) is 5.72. The van der Waals surface area contributed by atoms with Gasteiger partial charge in [0.2, 0.25) is 0 Å². The number of aromatic nitrogens is 1. The highest BCUT2D eigenvalue weighted by molar-refractivity contribution is 7.15. The Morgan fingerprint density at radius 2 is 2.11 bits per heavy atom. The third-order valence-corrected chi connectivity index (χ3v) is 4.33. The molecule has 0 fully saturated rings. The number of nitrogens with zero attached hydrogens (tertiary/aromatic N) is 1. The van der Waals surface area contributed by atoms with E-state index in [0.29, 0.717) is 5.92 Å². The van der Waals surface area contributed by atoms with E-state index in [4.69, 9.17) is 4.74 Å². The lowest BCUT2D eigenvalue weighted by Crippen LogP contribution is -1.92. The van der Waals surface area contributed by atoms with Crippen LogP contribution in [0, 0.1) is 6.92 Å². The van der Waals surface area contributed by atoms with Crippen LogP contribution in [-0.4, -0.2) is 17.2 Å². The molecule has 0 atom stereocenters. The normalized spacial score (nSPS) is 11.1. The van der Waals surface area contributed by atoms with Crippen molar-refractivity contribution in [3.8, 4) is 16.3 Å². The second-order valence-corrected chi connectivity index (χ2v) is 5.88. The Hall–Kier alpha value is -1.39. The van der Waals surface area contributed by atoms with E-state index in [1.807, 2.05) is 13.0 Å². The predicted octanol–water partition coefficient (Wildman–Crippen LogP) is 3.74. The molecule has 0 aliphatic carbocycles. The average Bonchev–Trinajstić information content (AvgIpc) is 2.79. The van der Waals surface area contributed by atoms with Crippen LogP contribution in [0.5, 0.6) is 5.75 Å². The summed E-state index contributed by atoms with van der Waals surface area (Å²) in [6.07, 6.45) is 0. The number of aryl methyl sites for hydroxylation is 1. The molecule has 102 valence electrons. The van der Waals surface area contributed by atoms with Crippen molar-refractivity contribution in [2.45, 2.75) is 33.3 Å². The molecule has 2 aromatic rings. The Labute approximate surface area is 117 Å². The van der Waals surface area contributed by atoms with Crippen molar-refractivity contribution in [3.63, 3.8) is 0 Å². The molecule has 2 rings (SSSR count). The Kier molecular flexibility index (Phi) is 4.22. The highest BCUT2D eigenvalue weighted by atomic mass is 32.1. The minimum Gasteiger partial charge on any atom is -0.496 e. The van der Waals surface area contributed by atoms with E-state index in [9.17, 15) is 5.11 Å². The molecule has 0 unspecified atom stereocenters. The molecule has 1 aromatic heterocycles. The first-order valence-electron chi connectivity index (χ1n) is 6.32. The van der Waals surface area contributed by atoms with Crippen molar-refractivity contribution in [1.29, 1.82) is 0 Å². The first-order chi connectivity index (χ1) is 9.06. The van der Waals surface area contributed by atoms with Crippen LogP contribution in [0.15, 0.2) is 18.2 Å². The molecular weight excluding hydrogens is 258 g/mol. The first-order valence-corrected chi connectivity index (χ1v) is 7.14. The van der Waals surface area contributed by atoms with Gasteiger partial charge < -0.3 is 9.84 Å². The molecule has 19 heavy (non-hydrogen) atoms. The van der Waals surface area contributed by atoms with Gasteiger partial charge in [0, 0.05) is 0 Å². The average molecular weight is 277 g/mol. The number of hydrogen-bond acceptors (Lipinski definition) is 4. The topological polar surface area (TPSA) is 42.4 Å². The van der Waals surface area contributed by atoms with Crippen LogP contribution in [0.2, 0.25) is 0 Å². The van der Waals surface area contributed by atoms with E-state index in [0.717, 1.165) is 26.9 Å². The van der Waals surface area contributed by atoms with Crippen molar-refractivity contribution < 1.29 is 9.84 Å². The van der Waals surface area contributed by atoms with E-state index in [1.54, 1.807) is 7.11 Å². The van der Waals surface area contributed by atoms with E-state index in [1.165, 1.54) is 16.9 Å². The molecule has 1 N–H and O–H groups in total. The van der Waals surface area contributed by atoms with Gasteiger partial charge in [0.05, 0.1) is 29.9 Å². The number of aliphatic hydroxyl groups excluding tert-OH is 1. The van der Waals surface area contributed by atoms with Crippen LogP contribution in [0.3, 0.4) is 0 Å². The van der Waals surface area contributed by atoms with Crippen molar-refractivity contribution in [3.05, 3.63) is 34.3 Å². The van der Waals surface area contributed by atoms with Crippen LogP contribution in [-0.2, 0) is 6.61 Å². The SMILES string of the molecule is COc1ccc(C(C)C)cc1-c1nc(C)c(CO)s1. The summed E-state index contributed by atoms with van der Waals surface area (Å²) in [5.74, 6) is 1.28. The van der Waals surface area contributed by atoms with Crippen molar-refractivity contribution in [2.75, 3.05) is 7.11 Å². The summed E-state index contributed by atoms with van der Waals surface area (Å²) < 4.78 is 5.42. The minimum atomic E-state index is 0.0374. The number of rotatable bonds is 4. The monoisotopic (exact) mass is 277 g/mol. The summed E-state index contributed by atoms with van der Waals surface area (Å²) in [5.41, 5.74) is 3.15. The third-order valence-electron chi connectivity index (χ3n) is 3.16. The molecular formula is C15H19NO2S. The molecule has 1 aromatic carbocycles.